The highest BCUT2D eigenvalue weighted by Gasteiger charge is 2.37. The number of amides is 2. The fraction of sp³-hybridized carbons (Fsp3) is 0.600. The Balaban J connectivity index is 1.77. The molecule has 21 heavy (non-hydrogen) atoms. The quantitative estimate of drug-likeness (QED) is 0.867. The summed E-state index contributed by atoms with van der Waals surface area (Å²) < 4.78 is 1.84. The molecule has 2 fully saturated rings. The molecule has 1 aromatic rings. The maximum Gasteiger partial charge on any atom is 0.271 e. The van der Waals surface area contributed by atoms with Gasteiger partial charge in [-0.3, -0.25) is 9.59 Å². The Morgan fingerprint density at radius 1 is 1.38 bits per heavy atom. The largest absolute Gasteiger partial charge is 0.397 e. The number of nitrogens with two attached hydrogens (primary N) is 1. The average Bonchev–Trinajstić information content (AvgIpc) is 3.02. The number of carbonyl (C=O) groups is 2. The van der Waals surface area contributed by atoms with E-state index in [1.54, 1.807) is 17.2 Å². The molecule has 114 valence electrons. The third-order valence-electron chi connectivity index (χ3n) is 4.22. The van der Waals surface area contributed by atoms with Crippen LogP contribution in [0.15, 0.2) is 12.3 Å². The standard InChI is InChI=1S/C15H22N4O2/c1-2-18-9-10(16)8-13(18)15(21)19-7-3-4-12(19)14(20)17-11-5-6-11/h8-9,11-12H,2-7,16H2,1H3,(H,17,20). The fourth-order valence-corrected chi connectivity index (χ4v) is 2.93. The van der Waals surface area contributed by atoms with Crippen LogP contribution in [-0.2, 0) is 11.3 Å². The molecule has 2 amide bonds. The van der Waals surface area contributed by atoms with E-state index in [4.69, 9.17) is 5.73 Å². The third kappa shape index (κ3) is 2.75. The Hall–Kier alpha value is -1.98. The first-order chi connectivity index (χ1) is 10.1. The first-order valence-corrected chi connectivity index (χ1v) is 7.67. The van der Waals surface area contributed by atoms with Gasteiger partial charge >= 0.3 is 0 Å². The molecule has 0 radical (unpaired) electrons. The van der Waals surface area contributed by atoms with Crippen molar-refractivity contribution in [3.05, 3.63) is 18.0 Å². The predicted octanol–water partition coefficient (Wildman–Crippen LogP) is 0.973. The molecular formula is C15H22N4O2. The van der Waals surface area contributed by atoms with E-state index in [-0.39, 0.29) is 17.9 Å². The van der Waals surface area contributed by atoms with E-state index in [0.29, 0.717) is 30.5 Å². The van der Waals surface area contributed by atoms with Gasteiger partial charge < -0.3 is 20.5 Å². The summed E-state index contributed by atoms with van der Waals surface area (Å²) in [6, 6.07) is 1.68. The summed E-state index contributed by atoms with van der Waals surface area (Å²) >= 11 is 0. The van der Waals surface area contributed by atoms with Gasteiger partial charge in [0, 0.05) is 25.3 Å². The van der Waals surface area contributed by atoms with E-state index in [1.165, 1.54) is 0 Å². The van der Waals surface area contributed by atoms with Gasteiger partial charge in [0.25, 0.3) is 5.91 Å². The Morgan fingerprint density at radius 3 is 2.81 bits per heavy atom. The van der Waals surface area contributed by atoms with E-state index in [9.17, 15) is 9.59 Å². The van der Waals surface area contributed by atoms with E-state index in [0.717, 1.165) is 25.7 Å². The maximum absolute atomic E-state index is 12.7. The number of nitrogens with one attached hydrogen (secondary N) is 1. The summed E-state index contributed by atoms with van der Waals surface area (Å²) in [6.45, 7) is 3.29. The lowest BCUT2D eigenvalue weighted by Gasteiger charge is -2.24. The van der Waals surface area contributed by atoms with Gasteiger partial charge in [0.15, 0.2) is 0 Å². The third-order valence-corrected chi connectivity index (χ3v) is 4.22. The van der Waals surface area contributed by atoms with Crippen LogP contribution in [0, 0.1) is 0 Å². The molecule has 0 bridgehead atoms. The lowest BCUT2D eigenvalue weighted by Crippen LogP contribution is -2.46. The Kier molecular flexibility index (Phi) is 3.61. The molecule has 2 heterocycles. The highest BCUT2D eigenvalue weighted by molar-refractivity contribution is 5.97. The lowest BCUT2D eigenvalue weighted by atomic mass is 10.2. The molecule has 1 aliphatic heterocycles. The first-order valence-electron chi connectivity index (χ1n) is 7.67. The van der Waals surface area contributed by atoms with Gasteiger partial charge in [-0.05, 0) is 38.7 Å². The molecule has 0 aromatic carbocycles. The number of carbonyl (C=O) groups excluding carboxylic acids is 2. The molecule has 3 rings (SSSR count). The van der Waals surface area contributed by atoms with Gasteiger partial charge in [0.2, 0.25) is 5.91 Å². The minimum atomic E-state index is -0.334. The van der Waals surface area contributed by atoms with Gasteiger partial charge in [-0.1, -0.05) is 0 Å². The number of hydrogen-bond donors (Lipinski definition) is 2. The summed E-state index contributed by atoms with van der Waals surface area (Å²) in [5, 5.41) is 3.00. The van der Waals surface area contributed by atoms with E-state index >= 15 is 0 Å². The average molecular weight is 290 g/mol. The Bertz CT molecular complexity index is 562. The summed E-state index contributed by atoms with van der Waals surface area (Å²) in [5.74, 6) is -0.104. The monoisotopic (exact) mass is 290 g/mol. The van der Waals surface area contributed by atoms with Crippen LogP contribution >= 0.6 is 0 Å². The number of nitrogens with zero attached hydrogens (tertiary/aromatic N) is 2. The van der Waals surface area contributed by atoms with Gasteiger partial charge in [-0.25, -0.2) is 0 Å². The molecule has 1 atom stereocenters. The molecule has 1 aliphatic carbocycles. The molecule has 6 nitrogen and oxygen atoms in total. The Labute approximate surface area is 124 Å². The molecule has 6 heteroatoms. The normalized spacial score (nSPS) is 21.6. The van der Waals surface area contributed by atoms with Crippen LogP contribution < -0.4 is 11.1 Å². The second kappa shape index (κ2) is 5.42. The number of hydrogen-bond acceptors (Lipinski definition) is 3. The topological polar surface area (TPSA) is 80.4 Å². The number of aromatic nitrogens is 1. The van der Waals surface area contributed by atoms with Crippen molar-refractivity contribution in [1.29, 1.82) is 0 Å². The molecular weight excluding hydrogens is 268 g/mol. The summed E-state index contributed by atoms with van der Waals surface area (Å²) in [6.07, 6.45) is 5.50. The fourth-order valence-electron chi connectivity index (χ4n) is 2.93. The van der Waals surface area contributed by atoms with E-state index < -0.39 is 0 Å². The summed E-state index contributed by atoms with van der Waals surface area (Å²) in [7, 11) is 0. The molecule has 3 N–H and O–H groups in total. The van der Waals surface area contributed by atoms with E-state index in [2.05, 4.69) is 5.32 Å². The van der Waals surface area contributed by atoms with Crippen LogP contribution in [0.2, 0.25) is 0 Å². The number of likely N-dealkylation sites (tertiary alicyclic amines) is 1. The maximum atomic E-state index is 12.7. The molecule has 1 aromatic heterocycles. The summed E-state index contributed by atoms with van der Waals surface area (Å²) in [4.78, 5) is 26.7. The SMILES string of the molecule is CCn1cc(N)cc1C(=O)N1CCCC1C(=O)NC1CC1. The smallest absolute Gasteiger partial charge is 0.271 e. The number of nitrogen functional groups attached to an aromatic ring is 1. The van der Waals surface area contributed by atoms with Crippen molar-refractivity contribution in [1.82, 2.24) is 14.8 Å². The minimum Gasteiger partial charge on any atom is -0.397 e. The molecule has 1 saturated carbocycles. The molecule has 2 aliphatic rings. The van der Waals surface area contributed by atoms with Crippen molar-refractivity contribution in [2.75, 3.05) is 12.3 Å². The van der Waals surface area contributed by atoms with Gasteiger partial charge in [-0.15, -0.1) is 0 Å². The van der Waals surface area contributed by atoms with Crippen LogP contribution in [-0.4, -0.2) is 39.9 Å². The van der Waals surface area contributed by atoms with Crippen molar-refractivity contribution in [2.24, 2.45) is 0 Å². The van der Waals surface area contributed by atoms with Crippen LogP contribution in [0.4, 0.5) is 5.69 Å². The predicted molar refractivity (Wildman–Crippen MR) is 79.7 cm³/mol. The zero-order valence-corrected chi connectivity index (χ0v) is 12.3. The van der Waals surface area contributed by atoms with Crippen molar-refractivity contribution in [3.63, 3.8) is 0 Å². The highest BCUT2D eigenvalue weighted by Crippen LogP contribution is 2.24. The van der Waals surface area contributed by atoms with Crippen LogP contribution in [0.3, 0.4) is 0 Å². The van der Waals surface area contributed by atoms with E-state index in [1.807, 2.05) is 11.5 Å². The Morgan fingerprint density at radius 2 is 2.14 bits per heavy atom. The second-order valence-electron chi connectivity index (χ2n) is 5.88. The molecule has 0 spiro atoms. The minimum absolute atomic E-state index is 0.00840. The van der Waals surface area contributed by atoms with Crippen LogP contribution in [0.25, 0.3) is 0 Å². The van der Waals surface area contributed by atoms with Crippen LogP contribution in [0.5, 0.6) is 0 Å². The van der Waals surface area contributed by atoms with Crippen molar-refractivity contribution in [3.8, 4) is 0 Å². The number of aryl methyl sites for hydroxylation is 1. The number of rotatable bonds is 4. The summed E-state index contributed by atoms with van der Waals surface area (Å²) in [5.41, 5.74) is 6.94. The van der Waals surface area contributed by atoms with Gasteiger partial charge in [0.1, 0.15) is 11.7 Å². The van der Waals surface area contributed by atoms with Crippen molar-refractivity contribution >= 4 is 17.5 Å². The molecule has 1 saturated heterocycles. The van der Waals surface area contributed by atoms with Gasteiger partial charge in [-0.2, -0.15) is 0 Å². The zero-order chi connectivity index (χ0) is 15.0. The first kappa shape index (κ1) is 14.0. The molecule has 1 unspecified atom stereocenters. The second-order valence-corrected chi connectivity index (χ2v) is 5.88. The highest BCUT2D eigenvalue weighted by atomic mass is 16.2. The van der Waals surface area contributed by atoms with Crippen LogP contribution in [0.1, 0.15) is 43.1 Å². The van der Waals surface area contributed by atoms with Gasteiger partial charge in [0.05, 0.1) is 5.69 Å². The zero-order valence-electron chi connectivity index (χ0n) is 12.3. The van der Waals surface area contributed by atoms with Crippen molar-refractivity contribution in [2.45, 2.75) is 51.2 Å². The lowest BCUT2D eigenvalue weighted by molar-refractivity contribution is -0.125. The van der Waals surface area contributed by atoms with Crippen molar-refractivity contribution < 1.29 is 9.59 Å². The number of anilines is 1.